The van der Waals surface area contributed by atoms with E-state index in [1.807, 2.05) is 12.1 Å². The lowest BCUT2D eigenvalue weighted by Gasteiger charge is -2.17. The van der Waals surface area contributed by atoms with E-state index in [-0.39, 0.29) is 0 Å². The third-order valence-electron chi connectivity index (χ3n) is 2.88. The molecule has 1 rings (SSSR count). The van der Waals surface area contributed by atoms with Gasteiger partial charge in [-0.3, -0.25) is 0 Å². The molecule has 1 aromatic rings. The lowest BCUT2D eigenvalue weighted by molar-refractivity contribution is 0.0351. The lowest BCUT2D eigenvalue weighted by Crippen LogP contribution is -2.28. The number of methoxy groups -OCH3 is 1. The number of nitrogens with one attached hydrogen (secondary N) is 1. The molecule has 0 aromatic heterocycles. The summed E-state index contributed by atoms with van der Waals surface area (Å²) in [5, 5.41) is 3.34. The Kier molecular flexibility index (Phi) is 7.46. The Morgan fingerprint density at radius 1 is 1.17 bits per heavy atom. The molecule has 0 spiro atoms. The van der Waals surface area contributed by atoms with Crippen molar-refractivity contribution in [3.05, 3.63) is 29.8 Å². The van der Waals surface area contributed by atoms with Gasteiger partial charge in [-0.05, 0) is 30.7 Å². The summed E-state index contributed by atoms with van der Waals surface area (Å²) < 4.78 is 11.1. The SMILES string of the molecule is CCCC(CNCC)OCc1ccc(OC)cc1. The third-order valence-corrected chi connectivity index (χ3v) is 2.88. The molecule has 0 radical (unpaired) electrons. The molecule has 0 aliphatic heterocycles. The Bertz CT molecular complexity index is 311. The van der Waals surface area contributed by atoms with Gasteiger partial charge in [0.2, 0.25) is 0 Å². The minimum Gasteiger partial charge on any atom is -0.497 e. The Balaban J connectivity index is 2.39. The molecule has 0 saturated heterocycles. The van der Waals surface area contributed by atoms with Gasteiger partial charge < -0.3 is 14.8 Å². The van der Waals surface area contributed by atoms with Gasteiger partial charge in [0.05, 0.1) is 19.8 Å². The maximum absolute atomic E-state index is 5.94. The lowest BCUT2D eigenvalue weighted by atomic mass is 10.2. The molecule has 0 fully saturated rings. The van der Waals surface area contributed by atoms with E-state index < -0.39 is 0 Å². The second kappa shape index (κ2) is 8.95. The van der Waals surface area contributed by atoms with Crippen LogP contribution in [0.5, 0.6) is 5.75 Å². The van der Waals surface area contributed by atoms with Crippen molar-refractivity contribution in [2.75, 3.05) is 20.2 Å². The highest BCUT2D eigenvalue weighted by Gasteiger charge is 2.07. The fraction of sp³-hybridized carbons (Fsp3) is 0.600. The molecule has 1 aromatic carbocycles. The van der Waals surface area contributed by atoms with Crippen molar-refractivity contribution in [2.24, 2.45) is 0 Å². The van der Waals surface area contributed by atoms with Crippen LogP contribution in [0.2, 0.25) is 0 Å². The Morgan fingerprint density at radius 3 is 2.44 bits per heavy atom. The Morgan fingerprint density at radius 2 is 1.89 bits per heavy atom. The van der Waals surface area contributed by atoms with Crippen LogP contribution in [0.4, 0.5) is 0 Å². The first kappa shape index (κ1) is 15.0. The van der Waals surface area contributed by atoms with E-state index in [4.69, 9.17) is 9.47 Å². The van der Waals surface area contributed by atoms with Crippen LogP contribution in [0.15, 0.2) is 24.3 Å². The van der Waals surface area contributed by atoms with Gasteiger partial charge in [0.1, 0.15) is 5.75 Å². The molecule has 0 aliphatic rings. The predicted octanol–water partition coefficient (Wildman–Crippen LogP) is 2.99. The minimum atomic E-state index is 0.303. The van der Waals surface area contributed by atoms with Gasteiger partial charge in [0.15, 0.2) is 0 Å². The predicted molar refractivity (Wildman–Crippen MR) is 75.0 cm³/mol. The molecule has 1 unspecified atom stereocenters. The summed E-state index contributed by atoms with van der Waals surface area (Å²) in [6.07, 6.45) is 2.55. The van der Waals surface area contributed by atoms with E-state index in [1.165, 1.54) is 5.56 Å². The van der Waals surface area contributed by atoms with Gasteiger partial charge in [-0.2, -0.15) is 0 Å². The summed E-state index contributed by atoms with van der Waals surface area (Å²) in [6, 6.07) is 8.04. The zero-order valence-corrected chi connectivity index (χ0v) is 11.7. The van der Waals surface area contributed by atoms with Crippen molar-refractivity contribution in [1.29, 1.82) is 0 Å². The topological polar surface area (TPSA) is 30.5 Å². The minimum absolute atomic E-state index is 0.303. The molecule has 3 heteroatoms. The van der Waals surface area contributed by atoms with Crippen LogP contribution in [0.3, 0.4) is 0 Å². The van der Waals surface area contributed by atoms with Crippen LogP contribution in [-0.2, 0) is 11.3 Å². The second-order valence-corrected chi connectivity index (χ2v) is 4.38. The highest BCUT2D eigenvalue weighted by atomic mass is 16.5. The maximum atomic E-state index is 5.94. The highest BCUT2D eigenvalue weighted by Crippen LogP contribution is 2.13. The zero-order chi connectivity index (χ0) is 13.2. The average Bonchev–Trinajstić information content (AvgIpc) is 2.42. The molecular formula is C15H25NO2. The Labute approximate surface area is 110 Å². The first-order valence-electron chi connectivity index (χ1n) is 6.75. The van der Waals surface area contributed by atoms with Crippen LogP contribution in [0.25, 0.3) is 0 Å². The van der Waals surface area contributed by atoms with Crippen LogP contribution in [0.1, 0.15) is 32.3 Å². The van der Waals surface area contributed by atoms with E-state index in [0.717, 1.165) is 31.7 Å². The van der Waals surface area contributed by atoms with Crippen molar-refractivity contribution in [1.82, 2.24) is 5.32 Å². The van der Waals surface area contributed by atoms with E-state index in [1.54, 1.807) is 7.11 Å². The zero-order valence-electron chi connectivity index (χ0n) is 11.7. The van der Waals surface area contributed by atoms with Gasteiger partial charge >= 0.3 is 0 Å². The van der Waals surface area contributed by atoms with Crippen molar-refractivity contribution < 1.29 is 9.47 Å². The normalized spacial score (nSPS) is 12.4. The van der Waals surface area contributed by atoms with Crippen molar-refractivity contribution >= 4 is 0 Å². The summed E-state index contributed by atoms with van der Waals surface area (Å²) >= 11 is 0. The molecule has 0 heterocycles. The van der Waals surface area contributed by atoms with Gasteiger partial charge in [-0.1, -0.05) is 32.4 Å². The monoisotopic (exact) mass is 251 g/mol. The molecule has 0 aliphatic carbocycles. The van der Waals surface area contributed by atoms with Crippen molar-refractivity contribution in [2.45, 2.75) is 39.4 Å². The fourth-order valence-electron chi connectivity index (χ4n) is 1.81. The molecule has 18 heavy (non-hydrogen) atoms. The Hall–Kier alpha value is -1.06. The second-order valence-electron chi connectivity index (χ2n) is 4.38. The molecule has 102 valence electrons. The van der Waals surface area contributed by atoms with Gasteiger partial charge in [-0.15, -0.1) is 0 Å². The number of hydrogen-bond acceptors (Lipinski definition) is 3. The molecule has 1 N–H and O–H groups in total. The first-order valence-corrected chi connectivity index (χ1v) is 6.75. The van der Waals surface area contributed by atoms with E-state index in [9.17, 15) is 0 Å². The largest absolute Gasteiger partial charge is 0.497 e. The van der Waals surface area contributed by atoms with Gasteiger partial charge in [-0.25, -0.2) is 0 Å². The van der Waals surface area contributed by atoms with Crippen molar-refractivity contribution in [3.63, 3.8) is 0 Å². The standard InChI is InChI=1S/C15H25NO2/c1-4-6-15(11-16-5-2)18-12-13-7-9-14(17-3)10-8-13/h7-10,15-16H,4-6,11-12H2,1-3H3. The highest BCUT2D eigenvalue weighted by molar-refractivity contribution is 5.26. The van der Waals surface area contributed by atoms with Crippen molar-refractivity contribution in [3.8, 4) is 5.75 Å². The van der Waals surface area contributed by atoms with E-state index in [0.29, 0.717) is 12.7 Å². The van der Waals surface area contributed by atoms with Crippen LogP contribution in [0, 0.1) is 0 Å². The number of hydrogen-bond donors (Lipinski definition) is 1. The summed E-state index contributed by atoms with van der Waals surface area (Å²) in [4.78, 5) is 0. The number of benzene rings is 1. The average molecular weight is 251 g/mol. The third kappa shape index (κ3) is 5.52. The number of likely N-dealkylation sites (N-methyl/N-ethyl adjacent to an activating group) is 1. The number of ether oxygens (including phenoxy) is 2. The van der Waals surface area contributed by atoms with E-state index in [2.05, 4.69) is 31.3 Å². The summed E-state index contributed by atoms with van der Waals surface area (Å²) in [6.45, 7) is 6.90. The molecule has 0 bridgehead atoms. The van der Waals surface area contributed by atoms with Gasteiger partial charge in [0, 0.05) is 6.54 Å². The quantitative estimate of drug-likeness (QED) is 0.732. The molecule has 3 nitrogen and oxygen atoms in total. The van der Waals surface area contributed by atoms with Crippen LogP contribution >= 0.6 is 0 Å². The molecule has 1 atom stereocenters. The number of rotatable bonds is 9. The first-order chi connectivity index (χ1) is 8.80. The molecule has 0 saturated carbocycles. The van der Waals surface area contributed by atoms with E-state index >= 15 is 0 Å². The fourth-order valence-corrected chi connectivity index (χ4v) is 1.81. The maximum Gasteiger partial charge on any atom is 0.118 e. The summed E-state index contributed by atoms with van der Waals surface area (Å²) in [5.74, 6) is 0.886. The van der Waals surface area contributed by atoms with Crippen LogP contribution < -0.4 is 10.1 Å². The molecular weight excluding hydrogens is 226 g/mol. The molecule has 0 amide bonds. The summed E-state index contributed by atoms with van der Waals surface area (Å²) in [7, 11) is 1.68. The summed E-state index contributed by atoms with van der Waals surface area (Å²) in [5.41, 5.74) is 1.19. The van der Waals surface area contributed by atoms with Crippen LogP contribution in [-0.4, -0.2) is 26.3 Å². The smallest absolute Gasteiger partial charge is 0.118 e. The van der Waals surface area contributed by atoms with Gasteiger partial charge in [0.25, 0.3) is 0 Å².